The maximum atomic E-state index is 12.7. The number of nitrogens with zero attached hydrogens (tertiary/aromatic N) is 4. The summed E-state index contributed by atoms with van der Waals surface area (Å²) in [6.07, 6.45) is 1.80. The van der Waals surface area contributed by atoms with E-state index in [2.05, 4.69) is 10.3 Å². The third kappa shape index (κ3) is 4.19. The minimum atomic E-state index is -0.0787. The molecule has 0 atom stereocenters. The van der Waals surface area contributed by atoms with Crippen LogP contribution in [-0.4, -0.2) is 70.9 Å². The lowest BCUT2D eigenvalue weighted by Gasteiger charge is -2.34. The molecule has 3 rings (SSSR count). The van der Waals surface area contributed by atoms with E-state index in [0.717, 1.165) is 15.3 Å². The zero-order valence-corrected chi connectivity index (χ0v) is 16.8. The van der Waals surface area contributed by atoms with E-state index in [-0.39, 0.29) is 23.8 Å². The van der Waals surface area contributed by atoms with Gasteiger partial charge in [-0.25, -0.2) is 4.98 Å². The monoisotopic (exact) mass is 391 g/mol. The quantitative estimate of drug-likeness (QED) is 0.795. The molecule has 3 heterocycles. The lowest BCUT2D eigenvalue weighted by atomic mass is 10.2. The fraction of sp³-hybridized carbons (Fsp3) is 0.556. The van der Waals surface area contributed by atoms with Crippen molar-refractivity contribution in [3.63, 3.8) is 0 Å². The largest absolute Gasteiger partial charge is 0.358 e. The number of thiophene rings is 1. The predicted molar refractivity (Wildman–Crippen MR) is 105 cm³/mol. The number of piperazine rings is 1. The second-order valence-corrected chi connectivity index (χ2v) is 7.99. The summed E-state index contributed by atoms with van der Waals surface area (Å²) in [5.41, 5.74) is 0.894. The summed E-state index contributed by atoms with van der Waals surface area (Å²) in [5.74, 6) is 0.0100. The Kier molecular flexibility index (Phi) is 5.91. The summed E-state index contributed by atoms with van der Waals surface area (Å²) in [5, 5.41) is 3.27. The number of hydrogen-bond acceptors (Lipinski definition) is 6. The van der Waals surface area contributed by atoms with E-state index in [4.69, 9.17) is 0 Å². The fourth-order valence-electron chi connectivity index (χ4n) is 3.24. The van der Waals surface area contributed by atoms with E-state index in [1.165, 1.54) is 22.2 Å². The van der Waals surface area contributed by atoms with E-state index in [1.54, 1.807) is 11.9 Å². The molecule has 0 aromatic carbocycles. The minimum absolute atomic E-state index is 0.0176. The van der Waals surface area contributed by atoms with Crippen LogP contribution in [0, 0.1) is 13.8 Å². The summed E-state index contributed by atoms with van der Waals surface area (Å²) in [4.78, 5) is 46.7. The van der Waals surface area contributed by atoms with Gasteiger partial charge in [0.25, 0.3) is 5.56 Å². The van der Waals surface area contributed by atoms with Crippen LogP contribution < -0.4 is 10.9 Å². The highest BCUT2D eigenvalue weighted by Gasteiger charge is 2.22. The molecule has 0 radical (unpaired) electrons. The van der Waals surface area contributed by atoms with Gasteiger partial charge >= 0.3 is 0 Å². The Morgan fingerprint density at radius 3 is 2.59 bits per heavy atom. The number of rotatable bonds is 5. The van der Waals surface area contributed by atoms with E-state index in [1.807, 2.05) is 18.7 Å². The molecule has 27 heavy (non-hydrogen) atoms. The topological polar surface area (TPSA) is 87.5 Å². The lowest BCUT2D eigenvalue weighted by molar-refractivity contribution is -0.133. The Morgan fingerprint density at radius 2 is 1.93 bits per heavy atom. The van der Waals surface area contributed by atoms with Crippen LogP contribution in [0.25, 0.3) is 10.2 Å². The van der Waals surface area contributed by atoms with Gasteiger partial charge in [0.05, 0.1) is 18.3 Å². The first-order chi connectivity index (χ1) is 12.9. The van der Waals surface area contributed by atoms with Gasteiger partial charge in [-0.15, -0.1) is 11.3 Å². The molecule has 1 N–H and O–H groups in total. The highest BCUT2D eigenvalue weighted by molar-refractivity contribution is 7.18. The average molecular weight is 391 g/mol. The maximum absolute atomic E-state index is 12.7. The Hall–Kier alpha value is -2.26. The van der Waals surface area contributed by atoms with Crippen LogP contribution in [0.3, 0.4) is 0 Å². The van der Waals surface area contributed by atoms with Crippen LogP contribution in [0.2, 0.25) is 0 Å². The average Bonchev–Trinajstić information content (AvgIpc) is 2.96. The van der Waals surface area contributed by atoms with Gasteiger partial charge < -0.3 is 10.2 Å². The van der Waals surface area contributed by atoms with Gasteiger partial charge in [0.2, 0.25) is 11.8 Å². The van der Waals surface area contributed by atoms with Crippen molar-refractivity contribution in [2.75, 3.05) is 39.8 Å². The number of aryl methyl sites for hydroxylation is 3. The summed E-state index contributed by atoms with van der Waals surface area (Å²) in [7, 11) is 1.62. The maximum Gasteiger partial charge on any atom is 0.262 e. The van der Waals surface area contributed by atoms with Crippen LogP contribution in [0.5, 0.6) is 0 Å². The van der Waals surface area contributed by atoms with Crippen molar-refractivity contribution in [2.45, 2.75) is 26.8 Å². The van der Waals surface area contributed by atoms with Crippen LogP contribution in [-0.2, 0) is 16.1 Å². The second kappa shape index (κ2) is 8.18. The van der Waals surface area contributed by atoms with Gasteiger partial charge in [-0.1, -0.05) is 0 Å². The number of amides is 2. The molecule has 1 saturated heterocycles. The molecule has 0 bridgehead atoms. The van der Waals surface area contributed by atoms with Crippen molar-refractivity contribution < 1.29 is 9.59 Å². The molecule has 2 aromatic heterocycles. The Balaban J connectivity index is 1.58. The number of carbonyl (C=O) groups excluding carboxylic acids is 2. The molecule has 1 fully saturated rings. The number of likely N-dealkylation sites (N-methyl/N-ethyl adjacent to an activating group) is 1. The number of nitrogens with one attached hydrogen (secondary N) is 1. The van der Waals surface area contributed by atoms with Gasteiger partial charge in [-0.2, -0.15) is 0 Å². The Labute approximate surface area is 161 Å². The Morgan fingerprint density at radius 1 is 1.22 bits per heavy atom. The Bertz CT molecular complexity index is 912. The highest BCUT2D eigenvalue weighted by Crippen LogP contribution is 2.25. The molecular weight excluding hydrogens is 366 g/mol. The fourth-order valence-corrected chi connectivity index (χ4v) is 4.23. The first kappa shape index (κ1) is 19.5. The molecule has 0 aliphatic carbocycles. The SMILES string of the molecule is CNC(=O)CN1CCN(C(=O)CCn2cnc3sc(C)c(C)c3c2=O)CC1. The molecule has 2 amide bonds. The normalized spacial score (nSPS) is 15.3. The molecule has 9 heteroatoms. The van der Waals surface area contributed by atoms with Gasteiger partial charge in [0.1, 0.15) is 4.83 Å². The van der Waals surface area contributed by atoms with Crippen LogP contribution in [0.15, 0.2) is 11.1 Å². The van der Waals surface area contributed by atoms with Crippen LogP contribution in [0.4, 0.5) is 0 Å². The van der Waals surface area contributed by atoms with Crippen molar-refractivity contribution in [3.8, 4) is 0 Å². The van der Waals surface area contributed by atoms with Gasteiger partial charge in [0, 0.05) is 51.1 Å². The summed E-state index contributed by atoms with van der Waals surface area (Å²) in [6, 6.07) is 0. The summed E-state index contributed by atoms with van der Waals surface area (Å²) >= 11 is 1.52. The molecular formula is C18H25N5O3S. The minimum Gasteiger partial charge on any atom is -0.358 e. The van der Waals surface area contributed by atoms with Crippen molar-refractivity contribution in [3.05, 3.63) is 27.1 Å². The lowest BCUT2D eigenvalue weighted by Crippen LogP contribution is -2.51. The van der Waals surface area contributed by atoms with Crippen LogP contribution in [0.1, 0.15) is 16.9 Å². The molecule has 2 aromatic rings. The molecule has 146 valence electrons. The molecule has 1 aliphatic rings. The summed E-state index contributed by atoms with van der Waals surface area (Å²) < 4.78 is 1.53. The third-order valence-corrected chi connectivity index (χ3v) is 6.21. The molecule has 0 saturated carbocycles. The number of fused-ring (bicyclic) bond motifs is 1. The summed E-state index contributed by atoms with van der Waals surface area (Å²) in [6.45, 7) is 7.17. The second-order valence-electron chi connectivity index (χ2n) is 6.79. The van der Waals surface area contributed by atoms with Crippen molar-refractivity contribution in [1.82, 2.24) is 24.7 Å². The smallest absolute Gasteiger partial charge is 0.262 e. The standard InChI is InChI=1S/C18H25N5O3S/c1-12-13(2)27-17-16(12)18(26)23(11-20-17)5-4-15(25)22-8-6-21(7-9-22)10-14(24)19-3/h11H,4-10H2,1-3H3,(H,19,24). The predicted octanol–water partition coefficient (Wildman–Crippen LogP) is 0.355. The van der Waals surface area contributed by atoms with Crippen molar-refractivity contribution in [1.29, 1.82) is 0 Å². The van der Waals surface area contributed by atoms with Crippen molar-refractivity contribution in [2.24, 2.45) is 0 Å². The van der Waals surface area contributed by atoms with E-state index in [0.29, 0.717) is 44.7 Å². The van der Waals surface area contributed by atoms with Gasteiger partial charge in [0.15, 0.2) is 0 Å². The number of aromatic nitrogens is 2. The van der Waals surface area contributed by atoms with Gasteiger partial charge in [-0.05, 0) is 19.4 Å². The van der Waals surface area contributed by atoms with E-state index < -0.39 is 0 Å². The van der Waals surface area contributed by atoms with E-state index in [9.17, 15) is 14.4 Å². The van der Waals surface area contributed by atoms with E-state index >= 15 is 0 Å². The molecule has 8 nitrogen and oxygen atoms in total. The number of carbonyl (C=O) groups is 2. The zero-order chi connectivity index (χ0) is 19.6. The molecule has 0 unspecified atom stereocenters. The van der Waals surface area contributed by atoms with Crippen molar-refractivity contribution >= 4 is 33.4 Å². The zero-order valence-electron chi connectivity index (χ0n) is 15.9. The van der Waals surface area contributed by atoms with Crippen LogP contribution >= 0.6 is 11.3 Å². The molecule has 1 aliphatic heterocycles. The number of hydrogen-bond donors (Lipinski definition) is 1. The first-order valence-corrected chi connectivity index (χ1v) is 9.88. The van der Waals surface area contributed by atoms with Gasteiger partial charge in [-0.3, -0.25) is 23.9 Å². The highest BCUT2D eigenvalue weighted by atomic mass is 32.1. The first-order valence-electron chi connectivity index (χ1n) is 9.06. The molecule has 0 spiro atoms. The third-order valence-electron chi connectivity index (χ3n) is 5.09.